The fourth-order valence-electron chi connectivity index (χ4n) is 3.20. The molecule has 0 aliphatic carbocycles. The third-order valence-corrected chi connectivity index (χ3v) is 4.85. The van der Waals surface area contributed by atoms with Crippen LogP contribution in [0.4, 0.5) is 5.69 Å². The maximum atomic E-state index is 9.01. The van der Waals surface area contributed by atoms with E-state index in [1.165, 1.54) is 0 Å². The molecule has 4 aromatic rings. The number of fused-ring (bicyclic) bond motifs is 1. The van der Waals surface area contributed by atoms with E-state index in [-0.39, 0.29) is 6.04 Å². The first-order valence-corrected chi connectivity index (χ1v) is 9.35. The van der Waals surface area contributed by atoms with Crippen LogP contribution in [0.15, 0.2) is 67.0 Å². The number of nitrogens with one attached hydrogen (secondary N) is 1. The van der Waals surface area contributed by atoms with E-state index in [0.29, 0.717) is 17.1 Å². The molecule has 0 amide bonds. The van der Waals surface area contributed by atoms with Crippen molar-refractivity contribution in [2.75, 3.05) is 5.32 Å². The molecule has 6 heteroatoms. The van der Waals surface area contributed by atoms with Crippen LogP contribution >= 0.6 is 11.6 Å². The molecular weight excluding hydrogens is 370 g/mol. The van der Waals surface area contributed by atoms with E-state index in [1.54, 1.807) is 18.3 Å². The minimum absolute atomic E-state index is 0.170. The Bertz CT molecular complexity index is 1170. The molecule has 2 aromatic heterocycles. The average molecular weight is 388 g/mol. The summed E-state index contributed by atoms with van der Waals surface area (Å²) in [7, 11) is 0. The van der Waals surface area contributed by atoms with Crippen molar-refractivity contribution < 1.29 is 0 Å². The summed E-state index contributed by atoms with van der Waals surface area (Å²) in [4.78, 5) is 4.40. The predicted octanol–water partition coefficient (Wildman–Crippen LogP) is 5.12. The SMILES string of the molecule is C[C@@H](Cn1ccc(-c2ccc(C#N)c(Cl)c2)n1)Nc1cccc2ncccc12. The Labute approximate surface area is 168 Å². The monoisotopic (exact) mass is 387 g/mol. The van der Waals surface area contributed by atoms with Crippen LogP contribution in [0.3, 0.4) is 0 Å². The van der Waals surface area contributed by atoms with Gasteiger partial charge in [0.1, 0.15) is 6.07 Å². The number of benzene rings is 2. The van der Waals surface area contributed by atoms with Crippen LogP contribution in [0.1, 0.15) is 12.5 Å². The number of anilines is 1. The Morgan fingerprint density at radius 1 is 1.18 bits per heavy atom. The molecule has 138 valence electrons. The van der Waals surface area contributed by atoms with Crippen molar-refractivity contribution in [3.05, 3.63) is 77.6 Å². The zero-order valence-corrected chi connectivity index (χ0v) is 16.1. The third kappa shape index (κ3) is 3.68. The van der Waals surface area contributed by atoms with Crippen LogP contribution in [0.2, 0.25) is 5.02 Å². The van der Waals surface area contributed by atoms with Crippen LogP contribution in [-0.2, 0) is 6.54 Å². The highest BCUT2D eigenvalue weighted by atomic mass is 35.5. The second kappa shape index (κ2) is 7.71. The van der Waals surface area contributed by atoms with E-state index in [1.807, 2.05) is 41.2 Å². The molecular formula is C22H18ClN5. The molecule has 2 heterocycles. The van der Waals surface area contributed by atoms with E-state index < -0.39 is 0 Å². The first kappa shape index (κ1) is 18.0. The fraction of sp³-hybridized carbons (Fsp3) is 0.136. The quantitative estimate of drug-likeness (QED) is 0.515. The molecule has 0 spiro atoms. The second-order valence-corrected chi connectivity index (χ2v) is 7.06. The largest absolute Gasteiger partial charge is 0.380 e. The highest BCUT2D eigenvalue weighted by molar-refractivity contribution is 6.32. The number of pyridine rings is 1. The zero-order chi connectivity index (χ0) is 19.5. The van der Waals surface area contributed by atoms with Crippen molar-refractivity contribution in [2.24, 2.45) is 0 Å². The lowest BCUT2D eigenvalue weighted by atomic mass is 10.1. The van der Waals surface area contributed by atoms with Crippen molar-refractivity contribution >= 4 is 28.2 Å². The van der Waals surface area contributed by atoms with Gasteiger partial charge in [-0.3, -0.25) is 9.67 Å². The first-order chi connectivity index (χ1) is 13.6. The Morgan fingerprint density at radius 3 is 2.89 bits per heavy atom. The van der Waals surface area contributed by atoms with E-state index in [0.717, 1.165) is 27.8 Å². The van der Waals surface area contributed by atoms with Gasteiger partial charge in [-0.25, -0.2) is 0 Å². The van der Waals surface area contributed by atoms with Gasteiger partial charge in [-0.1, -0.05) is 23.7 Å². The lowest BCUT2D eigenvalue weighted by Gasteiger charge is -2.17. The Kier molecular flexibility index (Phi) is 4.96. The van der Waals surface area contributed by atoms with Crippen LogP contribution < -0.4 is 5.32 Å². The van der Waals surface area contributed by atoms with Crippen LogP contribution in [0.25, 0.3) is 22.2 Å². The van der Waals surface area contributed by atoms with Crippen LogP contribution in [0.5, 0.6) is 0 Å². The zero-order valence-electron chi connectivity index (χ0n) is 15.3. The number of halogens is 1. The molecule has 0 aliphatic rings. The summed E-state index contributed by atoms with van der Waals surface area (Å²) in [6, 6.07) is 19.6. The molecule has 0 saturated carbocycles. The molecule has 0 fully saturated rings. The van der Waals surface area contributed by atoms with Crippen molar-refractivity contribution in [1.29, 1.82) is 5.26 Å². The Balaban J connectivity index is 1.49. The molecule has 1 N–H and O–H groups in total. The summed E-state index contributed by atoms with van der Waals surface area (Å²) in [6.07, 6.45) is 3.75. The number of nitrogens with zero attached hydrogens (tertiary/aromatic N) is 4. The van der Waals surface area contributed by atoms with Gasteiger partial charge in [0, 0.05) is 35.1 Å². The molecule has 28 heavy (non-hydrogen) atoms. The number of aromatic nitrogens is 3. The van der Waals surface area contributed by atoms with E-state index in [4.69, 9.17) is 16.9 Å². The Hall–Kier alpha value is -3.36. The van der Waals surface area contributed by atoms with Crippen molar-refractivity contribution in [2.45, 2.75) is 19.5 Å². The summed E-state index contributed by atoms with van der Waals surface area (Å²) in [5.74, 6) is 0. The maximum Gasteiger partial charge on any atom is 0.101 e. The average Bonchev–Trinajstić information content (AvgIpc) is 3.16. The topological polar surface area (TPSA) is 66.5 Å². The van der Waals surface area contributed by atoms with E-state index >= 15 is 0 Å². The molecule has 0 radical (unpaired) electrons. The van der Waals surface area contributed by atoms with Gasteiger partial charge in [0.25, 0.3) is 0 Å². The summed E-state index contributed by atoms with van der Waals surface area (Å²) in [5.41, 5.74) is 4.21. The minimum Gasteiger partial charge on any atom is -0.380 e. The predicted molar refractivity (Wildman–Crippen MR) is 112 cm³/mol. The van der Waals surface area contributed by atoms with Crippen molar-refractivity contribution in [1.82, 2.24) is 14.8 Å². The van der Waals surface area contributed by atoms with Crippen molar-refractivity contribution in [3.63, 3.8) is 0 Å². The Morgan fingerprint density at radius 2 is 2.07 bits per heavy atom. The van der Waals surface area contributed by atoms with E-state index in [2.05, 4.69) is 40.5 Å². The van der Waals surface area contributed by atoms with Crippen LogP contribution in [0, 0.1) is 11.3 Å². The molecule has 4 rings (SSSR count). The molecule has 0 unspecified atom stereocenters. The number of hydrogen-bond donors (Lipinski definition) is 1. The molecule has 2 aromatic carbocycles. The normalized spacial score (nSPS) is 11.9. The maximum absolute atomic E-state index is 9.01. The lowest BCUT2D eigenvalue weighted by Crippen LogP contribution is -2.22. The third-order valence-electron chi connectivity index (χ3n) is 4.53. The summed E-state index contributed by atoms with van der Waals surface area (Å²) in [6.45, 7) is 2.83. The highest BCUT2D eigenvalue weighted by Gasteiger charge is 2.10. The number of nitriles is 1. The van der Waals surface area contributed by atoms with Crippen molar-refractivity contribution in [3.8, 4) is 17.3 Å². The molecule has 5 nitrogen and oxygen atoms in total. The van der Waals surface area contributed by atoms with Crippen LogP contribution in [-0.4, -0.2) is 20.8 Å². The smallest absolute Gasteiger partial charge is 0.101 e. The van der Waals surface area contributed by atoms with Gasteiger partial charge in [-0.2, -0.15) is 10.4 Å². The van der Waals surface area contributed by atoms with Gasteiger partial charge < -0.3 is 5.32 Å². The molecule has 0 saturated heterocycles. The molecule has 0 aliphatic heterocycles. The highest BCUT2D eigenvalue weighted by Crippen LogP contribution is 2.25. The molecule has 1 atom stereocenters. The molecule has 0 bridgehead atoms. The second-order valence-electron chi connectivity index (χ2n) is 6.65. The van der Waals surface area contributed by atoms with Gasteiger partial charge in [-0.15, -0.1) is 0 Å². The van der Waals surface area contributed by atoms with Gasteiger partial charge in [0.15, 0.2) is 0 Å². The lowest BCUT2D eigenvalue weighted by molar-refractivity contribution is 0.562. The van der Waals surface area contributed by atoms with Gasteiger partial charge >= 0.3 is 0 Å². The fourth-order valence-corrected chi connectivity index (χ4v) is 3.43. The number of hydrogen-bond acceptors (Lipinski definition) is 4. The van der Waals surface area contributed by atoms with Gasteiger partial charge in [0.05, 0.1) is 28.3 Å². The summed E-state index contributed by atoms with van der Waals surface area (Å²) >= 11 is 6.14. The summed E-state index contributed by atoms with van der Waals surface area (Å²) in [5, 5.41) is 18.7. The van der Waals surface area contributed by atoms with E-state index in [9.17, 15) is 0 Å². The minimum atomic E-state index is 0.170. The van der Waals surface area contributed by atoms with Gasteiger partial charge in [-0.05, 0) is 49.4 Å². The standard InChI is InChI=1S/C22H18ClN5/c1-15(26-22-6-2-5-21-18(22)4-3-10-25-21)14-28-11-9-20(27-28)16-7-8-17(13-24)19(23)12-16/h2-12,15,26H,14H2,1H3/t15-/m0/s1. The number of rotatable bonds is 5. The summed E-state index contributed by atoms with van der Waals surface area (Å²) < 4.78 is 1.91. The first-order valence-electron chi connectivity index (χ1n) is 8.98. The van der Waals surface area contributed by atoms with Gasteiger partial charge in [0.2, 0.25) is 0 Å².